The van der Waals surface area contributed by atoms with Crippen LogP contribution in [-0.2, 0) is 0 Å². The summed E-state index contributed by atoms with van der Waals surface area (Å²) in [4.78, 5) is 13.9. The summed E-state index contributed by atoms with van der Waals surface area (Å²) in [6.07, 6.45) is 4.85. The van der Waals surface area contributed by atoms with Crippen molar-refractivity contribution >= 4 is 57.3 Å². The molecule has 0 aliphatic carbocycles. The first-order valence-electron chi connectivity index (χ1n) is 7.47. The van der Waals surface area contributed by atoms with E-state index in [9.17, 15) is 0 Å². The molecule has 0 atom stereocenters. The maximum absolute atomic E-state index is 5.35. The number of ether oxygens (including phenoxy) is 1. The molecular weight excluding hydrogens is 432 g/mol. The zero-order valence-corrected chi connectivity index (χ0v) is 16.6. The van der Waals surface area contributed by atoms with Crippen LogP contribution in [0.1, 0.15) is 0 Å². The molecule has 2 aromatic carbocycles. The van der Waals surface area contributed by atoms with Crippen molar-refractivity contribution in [3.63, 3.8) is 0 Å². The van der Waals surface area contributed by atoms with Gasteiger partial charge in [0.05, 0.1) is 15.7 Å². The van der Waals surface area contributed by atoms with Crippen molar-refractivity contribution in [2.75, 3.05) is 0 Å². The fourth-order valence-corrected chi connectivity index (χ4v) is 2.99. The first-order valence-corrected chi connectivity index (χ1v) is 9.91. The molecule has 0 radical (unpaired) electrons. The maximum Gasteiger partial charge on any atom is 0.192 e. The Morgan fingerprint density at radius 2 is 1.69 bits per heavy atom. The first kappa shape index (κ1) is 18.6. The molecule has 0 bridgehead atoms. The van der Waals surface area contributed by atoms with E-state index in [0.717, 1.165) is 20.8 Å². The van der Waals surface area contributed by atoms with Crippen molar-refractivity contribution in [2.24, 2.45) is 9.39 Å². The number of hydrogen-bond donors (Lipinski definition) is 0. The molecule has 0 aliphatic rings. The molecule has 0 fully saturated rings. The first-order chi connectivity index (χ1) is 12.8. The summed E-state index contributed by atoms with van der Waals surface area (Å²) in [5.41, 5.74) is 2.50. The van der Waals surface area contributed by atoms with Gasteiger partial charge in [-0.15, -0.1) is 0 Å². The third-order valence-electron chi connectivity index (χ3n) is 2.93. The molecule has 1 aromatic heterocycles. The summed E-state index contributed by atoms with van der Waals surface area (Å²) in [7, 11) is 0. The molecule has 0 N–H and O–H groups in total. The van der Waals surface area contributed by atoms with Crippen molar-refractivity contribution < 1.29 is 4.74 Å². The Kier molecular flexibility index (Phi) is 7.24. The van der Waals surface area contributed by atoms with E-state index in [-0.39, 0.29) is 0 Å². The third-order valence-corrected chi connectivity index (χ3v) is 4.65. The minimum atomic E-state index is 0.702. The van der Waals surface area contributed by atoms with E-state index in [1.165, 1.54) is 30.1 Å². The van der Waals surface area contributed by atoms with Crippen molar-refractivity contribution in [2.45, 2.75) is 10.1 Å². The summed E-state index contributed by atoms with van der Waals surface area (Å²) in [5, 5.41) is 0.702. The molecule has 26 heavy (non-hydrogen) atoms. The topological polar surface area (TPSA) is 59.7 Å². The van der Waals surface area contributed by atoms with Crippen LogP contribution < -0.4 is 4.74 Å². The zero-order valence-electron chi connectivity index (χ0n) is 13.4. The Morgan fingerprint density at radius 1 is 0.962 bits per heavy atom. The van der Waals surface area contributed by atoms with E-state index < -0.39 is 0 Å². The highest BCUT2D eigenvalue weighted by Crippen LogP contribution is 2.26. The lowest BCUT2D eigenvalue weighted by Crippen LogP contribution is -1.87. The molecule has 5 nitrogen and oxygen atoms in total. The highest BCUT2D eigenvalue weighted by Gasteiger charge is 2.00. The van der Waals surface area contributed by atoms with Gasteiger partial charge in [-0.2, -0.15) is 4.40 Å². The summed E-state index contributed by atoms with van der Waals surface area (Å²) in [5.74, 6) is 0.747. The zero-order chi connectivity index (χ0) is 18.0. The monoisotopic (exact) mass is 444 g/mol. The number of hydrogen-bond acceptors (Lipinski definition) is 7. The summed E-state index contributed by atoms with van der Waals surface area (Å²) in [6, 6.07) is 17.3. The minimum Gasteiger partial charge on any atom is -0.445 e. The quantitative estimate of drug-likeness (QED) is 0.199. The lowest BCUT2D eigenvalue weighted by molar-refractivity contribution is 0.576. The molecule has 0 amide bonds. The summed E-state index contributed by atoms with van der Waals surface area (Å²) < 4.78 is 10.3. The average molecular weight is 445 g/mol. The standard InChI is InChI=1S/C18H13BrN4OS2/c19-14-10-20-18(21-11-14)26-17-8-6-15(7-9-17)22-13-25-23-12-24-16-4-2-1-3-5-16/h1-13H. The predicted octanol–water partition coefficient (Wildman–Crippen LogP) is 5.81. The van der Waals surface area contributed by atoms with Crippen LogP contribution in [0.25, 0.3) is 0 Å². The molecule has 0 spiro atoms. The van der Waals surface area contributed by atoms with E-state index in [4.69, 9.17) is 4.74 Å². The predicted molar refractivity (Wildman–Crippen MR) is 112 cm³/mol. The SMILES string of the molecule is Brc1cnc(Sc2ccc(N=CSN=COc3ccccc3)cc2)nc1. The number of halogens is 1. The van der Waals surface area contributed by atoms with E-state index >= 15 is 0 Å². The second-order valence-electron chi connectivity index (χ2n) is 4.76. The van der Waals surface area contributed by atoms with Crippen LogP contribution in [0, 0.1) is 0 Å². The highest BCUT2D eigenvalue weighted by atomic mass is 79.9. The van der Waals surface area contributed by atoms with Crippen molar-refractivity contribution in [3.8, 4) is 5.75 Å². The van der Waals surface area contributed by atoms with Crippen LogP contribution in [0.4, 0.5) is 5.69 Å². The van der Waals surface area contributed by atoms with E-state index in [1.54, 1.807) is 17.9 Å². The molecule has 3 aromatic rings. The van der Waals surface area contributed by atoms with Gasteiger partial charge in [0.1, 0.15) is 5.75 Å². The smallest absolute Gasteiger partial charge is 0.192 e. The Bertz CT molecular complexity index is 872. The van der Waals surface area contributed by atoms with Crippen LogP contribution in [-0.4, -0.2) is 21.9 Å². The van der Waals surface area contributed by atoms with Gasteiger partial charge in [0.25, 0.3) is 0 Å². The second-order valence-corrected chi connectivity index (χ2v) is 7.35. The van der Waals surface area contributed by atoms with Crippen molar-refractivity contribution in [3.05, 3.63) is 71.5 Å². The number of aliphatic imine (C=N–C) groups is 1. The minimum absolute atomic E-state index is 0.702. The van der Waals surface area contributed by atoms with Gasteiger partial charge in [0, 0.05) is 29.2 Å². The van der Waals surface area contributed by atoms with Gasteiger partial charge in [-0.3, -0.25) is 0 Å². The number of rotatable bonds is 7. The summed E-state index contributed by atoms with van der Waals surface area (Å²) >= 11 is 6.02. The molecular formula is C18H13BrN4OS2. The fourth-order valence-electron chi connectivity index (χ4n) is 1.78. The van der Waals surface area contributed by atoms with Gasteiger partial charge in [0.15, 0.2) is 11.6 Å². The molecule has 130 valence electrons. The molecule has 3 rings (SSSR count). The molecule has 8 heteroatoms. The van der Waals surface area contributed by atoms with Crippen LogP contribution in [0.2, 0.25) is 0 Å². The molecule has 0 aliphatic heterocycles. The highest BCUT2D eigenvalue weighted by molar-refractivity contribution is 9.10. The van der Waals surface area contributed by atoms with E-state index in [2.05, 4.69) is 35.3 Å². The van der Waals surface area contributed by atoms with Gasteiger partial charge in [0.2, 0.25) is 0 Å². The maximum atomic E-state index is 5.35. The average Bonchev–Trinajstić information content (AvgIpc) is 2.68. The summed E-state index contributed by atoms with van der Waals surface area (Å²) in [6.45, 7) is 0. The van der Waals surface area contributed by atoms with Crippen molar-refractivity contribution in [1.82, 2.24) is 9.97 Å². The van der Waals surface area contributed by atoms with Gasteiger partial charge in [-0.25, -0.2) is 15.0 Å². The normalized spacial score (nSPS) is 11.3. The second kappa shape index (κ2) is 10.1. The Labute approximate surface area is 168 Å². The molecule has 0 saturated carbocycles. The van der Waals surface area contributed by atoms with Crippen LogP contribution >= 0.6 is 39.6 Å². The van der Waals surface area contributed by atoms with Crippen LogP contribution in [0.3, 0.4) is 0 Å². The Balaban J connectivity index is 1.46. The fraction of sp³-hybridized carbons (Fsp3) is 0. The van der Waals surface area contributed by atoms with Gasteiger partial charge in [-0.1, -0.05) is 18.2 Å². The van der Waals surface area contributed by atoms with Crippen LogP contribution in [0.5, 0.6) is 5.75 Å². The third kappa shape index (κ3) is 6.29. The molecule has 1 heterocycles. The van der Waals surface area contributed by atoms with Gasteiger partial charge < -0.3 is 4.74 Å². The lowest BCUT2D eigenvalue weighted by Gasteiger charge is -2.00. The van der Waals surface area contributed by atoms with Crippen LogP contribution in [0.15, 0.2) is 90.9 Å². The molecule has 0 unspecified atom stereocenters. The van der Waals surface area contributed by atoms with Gasteiger partial charge >= 0.3 is 0 Å². The van der Waals surface area contributed by atoms with Gasteiger partial charge in [-0.05, 0) is 64.1 Å². The number of aromatic nitrogens is 2. The van der Waals surface area contributed by atoms with Crippen molar-refractivity contribution in [1.29, 1.82) is 0 Å². The molecule has 0 saturated heterocycles. The Hall–Kier alpha value is -2.16. The Morgan fingerprint density at radius 3 is 2.42 bits per heavy atom. The lowest BCUT2D eigenvalue weighted by atomic mass is 10.3. The largest absolute Gasteiger partial charge is 0.445 e. The van der Waals surface area contributed by atoms with E-state index in [1.807, 2.05) is 54.6 Å². The number of para-hydroxylation sites is 1. The number of nitrogens with zero attached hydrogens (tertiary/aromatic N) is 4. The number of benzene rings is 2. The van der Waals surface area contributed by atoms with E-state index in [0.29, 0.717) is 5.16 Å².